The summed E-state index contributed by atoms with van der Waals surface area (Å²) in [7, 11) is 1.96. The molecule has 0 aromatic carbocycles. The molecule has 0 unspecified atom stereocenters. The van der Waals surface area contributed by atoms with Crippen molar-refractivity contribution in [2.75, 3.05) is 18.4 Å². The second-order valence-corrected chi connectivity index (χ2v) is 2.75. The molecule has 1 aliphatic heterocycles. The van der Waals surface area contributed by atoms with Crippen molar-refractivity contribution in [1.82, 2.24) is 15.1 Å². The predicted molar refractivity (Wildman–Crippen MR) is 43.4 cm³/mol. The van der Waals surface area contributed by atoms with E-state index >= 15 is 0 Å². The van der Waals surface area contributed by atoms with E-state index in [0.717, 1.165) is 25.5 Å². The minimum Gasteiger partial charge on any atom is -0.369 e. The van der Waals surface area contributed by atoms with Crippen molar-refractivity contribution in [3.8, 4) is 0 Å². The van der Waals surface area contributed by atoms with Crippen molar-refractivity contribution >= 4 is 5.82 Å². The second-order valence-electron chi connectivity index (χ2n) is 2.75. The van der Waals surface area contributed by atoms with Crippen molar-refractivity contribution in [2.24, 2.45) is 7.05 Å². The zero-order valence-electron chi connectivity index (χ0n) is 6.59. The second kappa shape index (κ2) is 2.54. The number of anilines is 1. The average Bonchev–Trinajstić information content (AvgIpc) is 2.25. The number of nitrogens with one attached hydrogen (secondary N) is 2. The topological polar surface area (TPSA) is 41.9 Å². The number of fused-ring (bicyclic) bond motifs is 1. The van der Waals surface area contributed by atoms with E-state index in [9.17, 15) is 0 Å². The molecule has 4 heteroatoms. The summed E-state index contributed by atoms with van der Waals surface area (Å²) in [5.41, 5.74) is 1.25. The molecule has 0 atom stereocenters. The maximum absolute atomic E-state index is 4.15. The summed E-state index contributed by atoms with van der Waals surface area (Å²) < 4.78 is 1.88. The molecule has 0 aliphatic carbocycles. The summed E-state index contributed by atoms with van der Waals surface area (Å²) >= 11 is 0. The van der Waals surface area contributed by atoms with Crippen LogP contribution < -0.4 is 10.6 Å². The highest BCUT2D eigenvalue weighted by Crippen LogP contribution is 2.14. The van der Waals surface area contributed by atoms with Gasteiger partial charge >= 0.3 is 0 Å². The number of aryl methyl sites for hydroxylation is 1. The molecule has 0 bridgehead atoms. The summed E-state index contributed by atoms with van der Waals surface area (Å²) in [6.07, 6.45) is 1.90. The zero-order chi connectivity index (χ0) is 7.68. The number of aromatic nitrogens is 2. The fourth-order valence-corrected chi connectivity index (χ4v) is 1.33. The van der Waals surface area contributed by atoms with E-state index in [1.54, 1.807) is 0 Å². The monoisotopic (exact) mass is 152 g/mol. The SMILES string of the molecule is Cn1ncc2c1NCCNC2. The van der Waals surface area contributed by atoms with Gasteiger partial charge in [0, 0.05) is 32.2 Å². The molecule has 0 spiro atoms. The largest absolute Gasteiger partial charge is 0.369 e. The van der Waals surface area contributed by atoms with Gasteiger partial charge < -0.3 is 10.6 Å². The number of hydrogen-bond donors (Lipinski definition) is 2. The van der Waals surface area contributed by atoms with Crippen LogP contribution in [0.5, 0.6) is 0 Å². The highest BCUT2D eigenvalue weighted by molar-refractivity contribution is 5.44. The highest BCUT2D eigenvalue weighted by Gasteiger charge is 2.09. The lowest BCUT2D eigenvalue weighted by molar-refractivity contribution is 0.719. The molecule has 60 valence electrons. The van der Waals surface area contributed by atoms with Crippen molar-refractivity contribution in [1.29, 1.82) is 0 Å². The van der Waals surface area contributed by atoms with Gasteiger partial charge in [0.1, 0.15) is 5.82 Å². The Hall–Kier alpha value is -1.03. The first-order valence-corrected chi connectivity index (χ1v) is 3.83. The van der Waals surface area contributed by atoms with Crippen molar-refractivity contribution in [3.63, 3.8) is 0 Å². The van der Waals surface area contributed by atoms with E-state index in [0.29, 0.717) is 0 Å². The molecule has 0 radical (unpaired) electrons. The molecule has 2 heterocycles. The van der Waals surface area contributed by atoms with Gasteiger partial charge in [-0.2, -0.15) is 5.10 Å². The van der Waals surface area contributed by atoms with Gasteiger partial charge in [-0.05, 0) is 0 Å². The molecule has 11 heavy (non-hydrogen) atoms. The summed E-state index contributed by atoms with van der Waals surface area (Å²) in [6, 6.07) is 0. The molecular weight excluding hydrogens is 140 g/mol. The summed E-state index contributed by atoms with van der Waals surface area (Å²) in [5, 5.41) is 10.8. The summed E-state index contributed by atoms with van der Waals surface area (Å²) in [6.45, 7) is 2.93. The molecule has 2 rings (SSSR count). The van der Waals surface area contributed by atoms with E-state index in [2.05, 4.69) is 15.7 Å². The third-order valence-electron chi connectivity index (χ3n) is 1.92. The van der Waals surface area contributed by atoms with Crippen LogP contribution in [-0.2, 0) is 13.6 Å². The van der Waals surface area contributed by atoms with Crippen LogP contribution >= 0.6 is 0 Å². The van der Waals surface area contributed by atoms with Gasteiger partial charge in [-0.3, -0.25) is 4.68 Å². The third-order valence-corrected chi connectivity index (χ3v) is 1.92. The lowest BCUT2D eigenvalue weighted by Gasteiger charge is -2.02. The minimum absolute atomic E-state index is 0.927. The molecule has 0 amide bonds. The minimum atomic E-state index is 0.927. The van der Waals surface area contributed by atoms with E-state index in [1.807, 2.05) is 17.9 Å². The van der Waals surface area contributed by atoms with Crippen LogP contribution in [0.4, 0.5) is 5.82 Å². The molecule has 1 aromatic heterocycles. The van der Waals surface area contributed by atoms with Gasteiger partial charge in [-0.1, -0.05) is 0 Å². The van der Waals surface area contributed by atoms with Crippen LogP contribution in [0.25, 0.3) is 0 Å². The van der Waals surface area contributed by atoms with Crippen molar-refractivity contribution in [3.05, 3.63) is 11.8 Å². The van der Waals surface area contributed by atoms with Gasteiger partial charge in [-0.25, -0.2) is 0 Å². The van der Waals surface area contributed by atoms with Gasteiger partial charge in [0.05, 0.1) is 6.20 Å². The normalized spacial score (nSPS) is 16.8. The Kier molecular flexibility index (Phi) is 1.54. The van der Waals surface area contributed by atoms with E-state index in [1.165, 1.54) is 5.56 Å². The average molecular weight is 152 g/mol. The van der Waals surface area contributed by atoms with Crippen LogP contribution in [0.15, 0.2) is 6.20 Å². The van der Waals surface area contributed by atoms with Crippen LogP contribution in [-0.4, -0.2) is 22.9 Å². The van der Waals surface area contributed by atoms with Crippen LogP contribution in [0.3, 0.4) is 0 Å². The van der Waals surface area contributed by atoms with Crippen LogP contribution in [0.2, 0.25) is 0 Å². The number of nitrogens with zero attached hydrogens (tertiary/aromatic N) is 2. The standard InChI is InChI=1S/C7H12N4/c1-11-7-6(5-10-11)4-8-2-3-9-7/h5,8-9H,2-4H2,1H3. The smallest absolute Gasteiger partial charge is 0.128 e. The fraction of sp³-hybridized carbons (Fsp3) is 0.571. The fourth-order valence-electron chi connectivity index (χ4n) is 1.33. The highest BCUT2D eigenvalue weighted by atomic mass is 15.3. The maximum atomic E-state index is 4.15. The molecule has 1 aromatic rings. The molecule has 0 fully saturated rings. The Bertz CT molecular complexity index is 253. The molecule has 2 N–H and O–H groups in total. The van der Waals surface area contributed by atoms with Gasteiger partial charge in [-0.15, -0.1) is 0 Å². The Morgan fingerprint density at radius 3 is 3.36 bits per heavy atom. The van der Waals surface area contributed by atoms with Gasteiger partial charge in [0.2, 0.25) is 0 Å². The van der Waals surface area contributed by atoms with E-state index in [-0.39, 0.29) is 0 Å². The van der Waals surface area contributed by atoms with Crippen LogP contribution in [0, 0.1) is 0 Å². The van der Waals surface area contributed by atoms with Crippen molar-refractivity contribution in [2.45, 2.75) is 6.54 Å². The lowest BCUT2D eigenvalue weighted by Crippen LogP contribution is -2.17. The number of hydrogen-bond acceptors (Lipinski definition) is 3. The Balaban J connectivity index is 2.35. The Labute approximate surface area is 65.6 Å². The van der Waals surface area contributed by atoms with E-state index in [4.69, 9.17) is 0 Å². The lowest BCUT2D eigenvalue weighted by atomic mass is 10.3. The van der Waals surface area contributed by atoms with Gasteiger partial charge in [0.15, 0.2) is 0 Å². The predicted octanol–water partition coefficient (Wildman–Crippen LogP) is -0.0648. The number of rotatable bonds is 0. The molecule has 0 saturated heterocycles. The quantitative estimate of drug-likeness (QED) is 0.547. The van der Waals surface area contributed by atoms with Gasteiger partial charge in [0.25, 0.3) is 0 Å². The van der Waals surface area contributed by atoms with Crippen molar-refractivity contribution < 1.29 is 0 Å². The first-order valence-electron chi connectivity index (χ1n) is 3.83. The molecular formula is C7H12N4. The first-order chi connectivity index (χ1) is 5.38. The molecule has 0 saturated carbocycles. The first kappa shape index (κ1) is 6.67. The molecule has 4 nitrogen and oxygen atoms in total. The summed E-state index contributed by atoms with van der Waals surface area (Å²) in [5.74, 6) is 1.15. The van der Waals surface area contributed by atoms with Crippen LogP contribution in [0.1, 0.15) is 5.56 Å². The van der Waals surface area contributed by atoms with E-state index < -0.39 is 0 Å². The Morgan fingerprint density at radius 1 is 1.55 bits per heavy atom. The maximum Gasteiger partial charge on any atom is 0.128 e. The Morgan fingerprint density at radius 2 is 2.45 bits per heavy atom. The molecule has 1 aliphatic rings. The zero-order valence-corrected chi connectivity index (χ0v) is 6.59. The third kappa shape index (κ3) is 1.09. The summed E-state index contributed by atoms with van der Waals surface area (Å²) in [4.78, 5) is 0.